The van der Waals surface area contributed by atoms with Gasteiger partial charge in [-0.25, -0.2) is 9.78 Å². The zero-order valence-corrected chi connectivity index (χ0v) is 16.9. The molecule has 1 aromatic heterocycles. The van der Waals surface area contributed by atoms with E-state index in [2.05, 4.69) is 20.9 Å². The van der Waals surface area contributed by atoms with Gasteiger partial charge in [0.2, 0.25) is 5.88 Å². The van der Waals surface area contributed by atoms with Gasteiger partial charge in [0, 0.05) is 23.4 Å². The van der Waals surface area contributed by atoms with Crippen LogP contribution < -0.4 is 20.7 Å². The first-order valence-electron chi connectivity index (χ1n) is 9.61. The van der Waals surface area contributed by atoms with Crippen molar-refractivity contribution in [1.82, 2.24) is 10.3 Å². The van der Waals surface area contributed by atoms with Crippen molar-refractivity contribution in [2.24, 2.45) is 0 Å². The number of pyridine rings is 1. The molecule has 0 aliphatic heterocycles. The number of hydrogen-bond acceptors (Lipinski definition) is 4. The Hall–Kier alpha value is -3.87. The van der Waals surface area contributed by atoms with Crippen LogP contribution in [0.15, 0.2) is 72.9 Å². The molecule has 0 bridgehead atoms. The van der Waals surface area contributed by atoms with E-state index in [1.54, 1.807) is 42.6 Å². The number of ether oxygens (including phenoxy) is 1. The SMILES string of the molecule is CC(C)NC(=O)Nc1ccc(C(=O)Nc2ccc(OCc3ccccc3)nc2)cc1. The van der Waals surface area contributed by atoms with Gasteiger partial charge in [-0.1, -0.05) is 30.3 Å². The van der Waals surface area contributed by atoms with E-state index in [9.17, 15) is 9.59 Å². The number of carbonyl (C=O) groups is 2. The Bertz CT molecular complexity index is 972. The number of nitrogens with one attached hydrogen (secondary N) is 3. The van der Waals surface area contributed by atoms with E-state index in [-0.39, 0.29) is 18.0 Å². The molecule has 3 amide bonds. The lowest BCUT2D eigenvalue weighted by atomic mass is 10.2. The van der Waals surface area contributed by atoms with Crippen molar-refractivity contribution < 1.29 is 14.3 Å². The van der Waals surface area contributed by atoms with Crippen LogP contribution in [0.5, 0.6) is 5.88 Å². The van der Waals surface area contributed by atoms with Gasteiger partial charge in [-0.2, -0.15) is 0 Å². The van der Waals surface area contributed by atoms with Crippen molar-refractivity contribution in [3.8, 4) is 5.88 Å². The summed E-state index contributed by atoms with van der Waals surface area (Å²) >= 11 is 0. The second-order valence-electron chi connectivity index (χ2n) is 6.94. The molecule has 7 nitrogen and oxygen atoms in total. The number of amides is 3. The third-order valence-electron chi connectivity index (χ3n) is 4.05. The highest BCUT2D eigenvalue weighted by Gasteiger charge is 2.08. The maximum absolute atomic E-state index is 12.4. The fourth-order valence-electron chi connectivity index (χ4n) is 2.61. The molecule has 2 aromatic carbocycles. The molecule has 154 valence electrons. The number of aromatic nitrogens is 1. The van der Waals surface area contributed by atoms with E-state index in [1.807, 2.05) is 44.2 Å². The molecule has 0 saturated carbocycles. The summed E-state index contributed by atoms with van der Waals surface area (Å²) in [5, 5.41) is 8.24. The number of nitrogens with zero attached hydrogens (tertiary/aromatic N) is 1. The van der Waals surface area contributed by atoms with Crippen LogP contribution in [0, 0.1) is 0 Å². The van der Waals surface area contributed by atoms with E-state index < -0.39 is 0 Å². The van der Waals surface area contributed by atoms with Gasteiger partial charge in [0.05, 0.1) is 11.9 Å². The standard InChI is InChI=1S/C23H24N4O3/c1-16(2)25-23(29)27-19-10-8-18(9-11-19)22(28)26-20-12-13-21(24-14-20)30-15-17-6-4-3-5-7-17/h3-14,16H,15H2,1-2H3,(H,26,28)(H2,25,27,29). The van der Waals surface area contributed by atoms with Crippen LogP contribution in [0.4, 0.5) is 16.2 Å². The number of carbonyl (C=O) groups excluding carboxylic acids is 2. The molecule has 0 aliphatic carbocycles. The van der Waals surface area contributed by atoms with Crippen LogP contribution in [0.25, 0.3) is 0 Å². The number of benzene rings is 2. The average molecular weight is 404 g/mol. The molecule has 3 aromatic rings. The summed E-state index contributed by atoms with van der Waals surface area (Å²) in [6.45, 7) is 4.18. The Balaban J connectivity index is 1.52. The van der Waals surface area contributed by atoms with Gasteiger partial charge < -0.3 is 20.7 Å². The van der Waals surface area contributed by atoms with Crippen LogP contribution in [-0.4, -0.2) is 23.0 Å². The minimum absolute atomic E-state index is 0.0405. The van der Waals surface area contributed by atoms with Gasteiger partial charge in [-0.05, 0) is 49.7 Å². The molecule has 0 unspecified atom stereocenters. The third kappa shape index (κ3) is 6.34. The molecule has 7 heteroatoms. The summed E-state index contributed by atoms with van der Waals surface area (Å²) in [6.07, 6.45) is 1.55. The fourth-order valence-corrected chi connectivity index (χ4v) is 2.61. The summed E-state index contributed by atoms with van der Waals surface area (Å²) in [6, 6.07) is 19.6. The van der Waals surface area contributed by atoms with E-state index in [1.165, 1.54) is 0 Å². The van der Waals surface area contributed by atoms with Gasteiger partial charge in [0.1, 0.15) is 6.61 Å². The van der Waals surface area contributed by atoms with Crippen molar-refractivity contribution in [2.45, 2.75) is 26.5 Å². The molecule has 0 saturated heterocycles. The van der Waals surface area contributed by atoms with Crippen LogP contribution in [0.2, 0.25) is 0 Å². The highest BCUT2D eigenvalue weighted by Crippen LogP contribution is 2.15. The molecule has 0 atom stereocenters. The van der Waals surface area contributed by atoms with Gasteiger partial charge in [0.25, 0.3) is 5.91 Å². The maximum atomic E-state index is 12.4. The lowest BCUT2D eigenvalue weighted by Gasteiger charge is -2.11. The lowest BCUT2D eigenvalue weighted by molar-refractivity contribution is 0.102. The topological polar surface area (TPSA) is 92.4 Å². The van der Waals surface area contributed by atoms with Gasteiger partial charge in [-0.15, -0.1) is 0 Å². The van der Waals surface area contributed by atoms with Gasteiger partial charge in [-0.3, -0.25) is 4.79 Å². The molecule has 0 fully saturated rings. The van der Waals surface area contributed by atoms with Crippen molar-refractivity contribution in [3.63, 3.8) is 0 Å². The zero-order chi connectivity index (χ0) is 21.3. The van der Waals surface area contributed by atoms with Crippen LogP contribution in [-0.2, 0) is 6.61 Å². The maximum Gasteiger partial charge on any atom is 0.319 e. The molecule has 0 radical (unpaired) electrons. The highest BCUT2D eigenvalue weighted by molar-refractivity contribution is 6.04. The molecule has 0 aliphatic rings. The molecule has 30 heavy (non-hydrogen) atoms. The molecule has 0 spiro atoms. The second kappa shape index (κ2) is 10.1. The Labute approximate surface area is 175 Å². The smallest absolute Gasteiger partial charge is 0.319 e. The van der Waals surface area contributed by atoms with Crippen LogP contribution in [0.1, 0.15) is 29.8 Å². The Morgan fingerprint density at radius 1 is 0.900 bits per heavy atom. The summed E-state index contributed by atoms with van der Waals surface area (Å²) in [5.41, 5.74) is 2.68. The zero-order valence-electron chi connectivity index (χ0n) is 16.9. The second-order valence-corrected chi connectivity index (χ2v) is 6.94. The first kappa shape index (κ1) is 20.9. The molecule has 1 heterocycles. The minimum atomic E-state index is -0.289. The monoisotopic (exact) mass is 404 g/mol. The number of rotatable bonds is 7. The predicted molar refractivity (Wildman–Crippen MR) is 117 cm³/mol. The third-order valence-corrected chi connectivity index (χ3v) is 4.05. The van der Waals surface area contributed by atoms with Crippen molar-refractivity contribution in [1.29, 1.82) is 0 Å². The molecular weight excluding hydrogens is 380 g/mol. The summed E-state index contributed by atoms with van der Waals surface area (Å²) in [5.74, 6) is 0.208. The molecular formula is C23H24N4O3. The number of urea groups is 1. The first-order valence-corrected chi connectivity index (χ1v) is 9.61. The Morgan fingerprint density at radius 2 is 1.60 bits per heavy atom. The normalized spacial score (nSPS) is 10.4. The van der Waals surface area contributed by atoms with Crippen LogP contribution in [0.3, 0.4) is 0 Å². The van der Waals surface area contributed by atoms with Gasteiger partial charge in [0.15, 0.2) is 0 Å². The van der Waals surface area contributed by atoms with Crippen molar-refractivity contribution in [2.75, 3.05) is 10.6 Å². The van der Waals surface area contributed by atoms with E-state index in [0.29, 0.717) is 29.4 Å². The average Bonchev–Trinajstić information content (AvgIpc) is 2.74. The minimum Gasteiger partial charge on any atom is -0.473 e. The summed E-state index contributed by atoms with van der Waals surface area (Å²) < 4.78 is 5.64. The van der Waals surface area contributed by atoms with Crippen LogP contribution >= 0.6 is 0 Å². The predicted octanol–water partition coefficient (Wildman–Crippen LogP) is 4.44. The van der Waals surface area contributed by atoms with Crippen molar-refractivity contribution in [3.05, 3.63) is 84.1 Å². The number of hydrogen-bond donors (Lipinski definition) is 3. The summed E-state index contributed by atoms with van der Waals surface area (Å²) in [4.78, 5) is 28.4. The lowest BCUT2D eigenvalue weighted by Crippen LogP contribution is -2.34. The fraction of sp³-hybridized carbons (Fsp3) is 0.174. The Kier molecular flexibility index (Phi) is 7.00. The number of anilines is 2. The van der Waals surface area contributed by atoms with Gasteiger partial charge >= 0.3 is 6.03 Å². The molecule has 3 N–H and O–H groups in total. The van der Waals surface area contributed by atoms with Crippen molar-refractivity contribution >= 4 is 23.3 Å². The quantitative estimate of drug-likeness (QED) is 0.543. The Morgan fingerprint density at radius 3 is 2.23 bits per heavy atom. The largest absolute Gasteiger partial charge is 0.473 e. The van der Waals surface area contributed by atoms with E-state index in [0.717, 1.165) is 5.56 Å². The molecule has 3 rings (SSSR count). The highest BCUT2D eigenvalue weighted by atomic mass is 16.5. The van der Waals surface area contributed by atoms with E-state index in [4.69, 9.17) is 4.74 Å². The summed E-state index contributed by atoms with van der Waals surface area (Å²) in [7, 11) is 0. The van der Waals surface area contributed by atoms with E-state index >= 15 is 0 Å². The first-order chi connectivity index (χ1) is 14.5.